The highest BCUT2D eigenvalue weighted by atomic mass is 32.3. The van der Waals surface area contributed by atoms with E-state index in [-0.39, 0.29) is 0 Å². The summed E-state index contributed by atoms with van der Waals surface area (Å²) in [5, 5.41) is 94.2. The van der Waals surface area contributed by atoms with Crippen molar-refractivity contribution in [2.24, 2.45) is 0 Å². The third-order valence-electron chi connectivity index (χ3n) is 9.12. The second kappa shape index (κ2) is 21.2. The average molecular weight is 1090 g/mol. The fraction of sp³-hybridized carbons (Fsp3) is 0.833. The highest BCUT2D eigenvalue weighted by molar-refractivity contribution is 7.84. The molecule has 0 aromatic rings. The predicted molar refractivity (Wildman–Crippen MR) is 191 cm³/mol. The number of carboxylic acids is 2. The Morgan fingerprint density at radius 3 is 1.57 bits per heavy atom. The van der Waals surface area contributed by atoms with Crippen LogP contribution in [-0.4, -0.2) is 246 Å². The quantitative estimate of drug-likeness (QED) is 0.0503. The molecule has 0 aliphatic carbocycles. The number of hydrogen-bond donors (Lipinski definition) is 16. The SMILES string of the molecule is O=C(O)C1=C(O)[C@H](O)[C@@H](OS(=O)(=O)O)[C@H](O[C@H]2[C@H](O)[C@@H](NS(=O)(=O)O)[C@@H](O[C@H]3[C@H](O)[C@@H](OS(=O)(=O)O)[C@H](O[C@H]4[C@H](O)[C@@H](NS(=O)(=O)O)[C@@H](O)O[C@@H]4COS(=O)(=O)O)O[C@H]3C(=O)O)O[C@@H]2CO)O1. The smallest absolute Gasteiger partial charge is 0.397 e. The molecule has 67 heavy (non-hydrogen) atoms. The summed E-state index contributed by atoms with van der Waals surface area (Å²) in [5.74, 6) is -7.74. The first kappa shape index (κ1) is 56.7. The summed E-state index contributed by atoms with van der Waals surface area (Å²) in [6, 6.07) is -5.15. The number of carboxylic acid groups (broad SMARTS) is 2. The fourth-order valence-electron chi connectivity index (χ4n) is 6.52. The summed E-state index contributed by atoms with van der Waals surface area (Å²) in [5.41, 5.74) is 0. The average Bonchev–Trinajstić information content (AvgIpc) is 3.15. The maximum absolute atomic E-state index is 12.6. The van der Waals surface area contributed by atoms with Gasteiger partial charge >= 0.3 is 63.7 Å². The molecule has 43 heteroatoms. The van der Waals surface area contributed by atoms with Gasteiger partial charge in [-0.15, -0.1) is 0 Å². The summed E-state index contributed by atoms with van der Waals surface area (Å²) in [6.45, 7) is -3.01. The first-order valence-corrected chi connectivity index (χ1v) is 24.3. The second-order valence-electron chi connectivity index (χ2n) is 13.7. The summed E-state index contributed by atoms with van der Waals surface area (Å²) in [4.78, 5) is 24.3. The Labute approximate surface area is 373 Å². The fourth-order valence-corrected chi connectivity index (χ4v) is 8.98. The van der Waals surface area contributed by atoms with Crippen molar-refractivity contribution in [2.75, 3.05) is 13.2 Å². The number of carbonyl (C=O) groups is 2. The third kappa shape index (κ3) is 15.1. The molecule has 4 rings (SSSR count). The molecule has 16 N–H and O–H groups in total. The van der Waals surface area contributed by atoms with E-state index in [1.165, 1.54) is 9.44 Å². The minimum atomic E-state index is -5.95. The van der Waals surface area contributed by atoms with E-state index in [2.05, 4.69) is 12.5 Å². The van der Waals surface area contributed by atoms with Gasteiger partial charge in [0.15, 0.2) is 42.9 Å². The minimum absolute atomic E-state index is 1.26. The normalized spacial score (nSPS) is 38.3. The molecule has 4 aliphatic heterocycles. The molecular formula is C24H38N2O36S5. The first-order chi connectivity index (χ1) is 30.4. The molecule has 390 valence electrons. The van der Waals surface area contributed by atoms with Crippen LogP contribution in [0.5, 0.6) is 0 Å². The molecule has 0 amide bonds. The Balaban J connectivity index is 1.75. The molecule has 0 bridgehead atoms. The van der Waals surface area contributed by atoms with E-state index in [4.69, 9.17) is 37.7 Å². The van der Waals surface area contributed by atoms with Gasteiger partial charge in [0.2, 0.25) is 12.0 Å². The molecule has 3 saturated heterocycles. The van der Waals surface area contributed by atoms with Crippen molar-refractivity contribution in [1.29, 1.82) is 0 Å². The summed E-state index contributed by atoms with van der Waals surface area (Å²) in [6.07, 6.45) is -43.3. The van der Waals surface area contributed by atoms with Gasteiger partial charge in [0.1, 0.15) is 67.0 Å². The van der Waals surface area contributed by atoms with Crippen LogP contribution >= 0.6 is 0 Å². The van der Waals surface area contributed by atoms with Gasteiger partial charge in [0.05, 0.1) is 13.2 Å². The van der Waals surface area contributed by atoms with Crippen molar-refractivity contribution in [3.8, 4) is 0 Å². The lowest BCUT2D eigenvalue weighted by Crippen LogP contribution is -2.70. The molecule has 4 aliphatic rings. The second-order valence-corrected chi connectivity index (χ2v) is 19.3. The van der Waals surface area contributed by atoms with Gasteiger partial charge in [0, 0.05) is 0 Å². The van der Waals surface area contributed by atoms with Crippen LogP contribution in [0.25, 0.3) is 0 Å². The first-order valence-electron chi connectivity index (χ1n) is 17.3. The van der Waals surface area contributed by atoms with Crippen molar-refractivity contribution in [3.63, 3.8) is 0 Å². The number of rotatable bonds is 20. The van der Waals surface area contributed by atoms with E-state index in [9.17, 15) is 116 Å². The van der Waals surface area contributed by atoms with E-state index in [1.807, 2.05) is 0 Å². The Morgan fingerprint density at radius 2 is 1.07 bits per heavy atom. The summed E-state index contributed by atoms with van der Waals surface area (Å²) in [7, 11) is -28.2. The van der Waals surface area contributed by atoms with E-state index >= 15 is 0 Å². The van der Waals surface area contributed by atoms with E-state index in [0.717, 1.165) is 0 Å². The number of aliphatic hydroxyl groups is 7. The van der Waals surface area contributed by atoms with Gasteiger partial charge in [-0.25, -0.2) is 22.1 Å². The zero-order valence-corrected chi connectivity index (χ0v) is 36.2. The van der Waals surface area contributed by atoms with Crippen LogP contribution in [0.1, 0.15) is 0 Å². The monoisotopic (exact) mass is 1090 g/mol. The van der Waals surface area contributed by atoms with Crippen LogP contribution in [0.15, 0.2) is 11.5 Å². The molecule has 0 unspecified atom stereocenters. The van der Waals surface area contributed by atoms with Gasteiger partial charge in [-0.05, 0) is 0 Å². The molecular weight excluding hydrogens is 1050 g/mol. The molecule has 0 aromatic heterocycles. The van der Waals surface area contributed by atoms with Crippen LogP contribution in [0.4, 0.5) is 0 Å². The maximum Gasteiger partial charge on any atom is 0.397 e. The lowest BCUT2D eigenvalue weighted by Gasteiger charge is -2.49. The van der Waals surface area contributed by atoms with Crippen molar-refractivity contribution < 1.29 is 166 Å². The van der Waals surface area contributed by atoms with Crippen LogP contribution in [0.3, 0.4) is 0 Å². The molecule has 0 aromatic carbocycles. The highest BCUT2D eigenvalue weighted by Gasteiger charge is 2.59. The van der Waals surface area contributed by atoms with Gasteiger partial charge in [-0.1, -0.05) is 0 Å². The van der Waals surface area contributed by atoms with Gasteiger partial charge in [-0.2, -0.15) is 51.5 Å². The van der Waals surface area contributed by atoms with Crippen LogP contribution in [-0.2, 0) is 107 Å². The molecule has 0 saturated carbocycles. The highest BCUT2D eigenvalue weighted by Crippen LogP contribution is 2.36. The lowest BCUT2D eigenvalue weighted by atomic mass is 9.95. The number of nitrogens with one attached hydrogen (secondary N) is 2. The lowest BCUT2D eigenvalue weighted by molar-refractivity contribution is -0.362. The molecule has 0 radical (unpaired) electrons. The van der Waals surface area contributed by atoms with Crippen molar-refractivity contribution in [3.05, 3.63) is 11.5 Å². The summed E-state index contributed by atoms with van der Waals surface area (Å²) >= 11 is 0. The zero-order chi connectivity index (χ0) is 51.1. The molecule has 38 nitrogen and oxygen atoms in total. The van der Waals surface area contributed by atoms with Crippen molar-refractivity contribution in [2.45, 2.75) is 110 Å². The Morgan fingerprint density at radius 1 is 0.582 bits per heavy atom. The Kier molecular flexibility index (Phi) is 18.0. The van der Waals surface area contributed by atoms with Gasteiger partial charge in [-0.3, -0.25) is 22.8 Å². The van der Waals surface area contributed by atoms with Crippen molar-refractivity contribution in [1.82, 2.24) is 9.44 Å². The topological polar surface area (TPSA) is 604 Å². The standard InChI is InChI=1S/C24H38N2O36S5/c27-1-3-12(56-23-16(61-66(47,48)49)10(31)9(30)15(59-23)19(33)34)8(29)6(26-64(41,42)43)22(55-3)58-14-11(32)17(62-67(50,51)52)24(60-18(14)20(35)36)57-13-4(2-53-65(44,45)46)54-21(37)5(7(13)28)25-63(38,39)40/h3-8,10-14,16-18,21-32,37H,1-2H2,(H,33,34)(H,35,36)(H,38,39,40)(H,41,42,43)(H,44,45,46)(H,47,48,49)(H,50,51,52)/t3-,4-,5-,6-,7-,8-,10+,11+,12-,13-,14+,16-,17-,18-,21+,22-,23-,24-/m1/s1. The van der Waals surface area contributed by atoms with E-state index in [1.54, 1.807) is 0 Å². The van der Waals surface area contributed by atoms with Crippen LogP contribution in [0, 0.1) is 0 Å². The largest absolute Gasteiger partial charge is 0.506 e. The maximum atomic E-state index is 12.6. The predicted octanol–water partition coefficient (Wildman–Crippen LogP) is -10.2. The van der Waals surface area contributed by atoms with Gasteiger partial charge < -0.3 is 79.1 Å². The van der Waals surface area contributed by atoms with E-state index in [0.29, 0.717) is 0 Å². The van der Waals surface area contributed by atoms with Crippen LogP contribution in [0.2, 0.25) is 0 Å². The zero-order valence-electron chi connectivity index (χ0n) is 32.1. The Bertz CT molecular complexity index is 2400. The number of ether oxygens (including phenoxy) is 7. The third-order valence-corrected chi connectivity index (χ3v) is 11.6. The van der Waals surface area contributed by atoms with Crippen LogP contribution < -0.4 is 9.44 Å². The number of aliphatic carboxylic acids is 2. The van der Waals surface area contributed by atoms with Crippen molar-refractivity contribution >= 4 is 63.7 Å². The van der Waals surface area contributed by atoms with E-state index < -0.39 is 199 Å². The Hall–Kier alpha value is -2.85. The molecule has 18 atom stereocenters. The summed E-state index contributed by atoms with van der Waals surface area (Å²) < 4.78 is 215. The van der Waals surface area contributed by atoms with Gasteiger partial charge in [0.25, 0.3) is 0 Å². The minimum Gasteiger partial charge on any atom is -0.506 e. The number of aliphatic hydroxyl groups excluding tert-OH is 7. The molecule has 3 fully saturated rings. The molecule has 0 spiro atoms. The molecule has 4 heterocycles. The number of hydrogen-bond acceptors (Lipinski definition) is 29.